The molecule has 0 aliphatic rings. The molecule has 0 radical (unpaired) electrons. The molecular formula is C11H12BrNO4S. The fraction of sp³-hybridized carbons (Fsp3) is 0.364. The summed E-state index contributed by atoms with van der Waals surface area (Å²) < 4.78 is 5.87. The third kappa shape index (κ3) is 3.71. The first-order chi connectivity index (χ1) is 8.47. The smallest absolute Gasteiger partial charge is 0.312 e. The third-order valence-corrected chi connectivity index (χ3v) is 3.18. The van der Waals surface area contributed by atoms with E-state index in [0.29, 0.717) is 16.8 Å². The van der Waals surface area contributed by atoms with Gasteiger partial charge < -0.3 is 4.74 Å². The number of Topliss-reactive ketones (excluding diaryl/α,β-unsaturated/α-hetero) is 1. The minimum absolute atomic E-state index is 0.0461. The van der Waals surface area contributed by atoms with Crippen molar-refractivity contribution in [2.75, 3.05) is 18.6 Å². The van der Waals surface area contributed by atoms with E-state index < -0.39 is 4.92 Å². The average Bonchev–Trinajstić information content (AvgIpc) is 2.30. The standard InChI is InChI=1S/C11H12BrNO4S/c1-7(14)9-5-8(12)6-10(13(15)16)11(9)17-3-4-18-2/h5-6H,3-4H2,1-2H3. The van der Waals surface area contributed by atoms with Crippen LogP contribution < -0.4 is 4.74 Å². The Labute approximate surface area is 117 Å². The van der Waals surface area contributed by atoms with E-state index in [4.69, 9.17) is 4.74 Å². The van der Waals surface area contributed by atoms with E-state index in [2.05, 4.69) is 15.9 Å². The fourth-order valence-corrected chi connectivity index (χ4v) is 2.05. The molecule has 1 rings (SSSR count). The maximum atomic E-state index is 11.5. The number of carbonyl (C=O) groups excluding carboxylic acids is 1. The molecule has 7 heteroatoms. The maximum absolute atomic E-state index is 11.5. The van der Waals surface area contributed by atoms with Gasteiger partial charge in [0.15, 0.2) is 5.78 Å². The monoisotopic (exact) mass is 333 g/mol. The van der Waals surface area contributed by atoms with Crippen LogP contribution in [-0.4, -0.2) is 29.3 Å². The topological polar surface area (TPSA) is 69.4 Å². The molecule has 0 aliphatic carbocycles. The third-order valence-electron chi connectivity index (χ3n) is 2.14. The summed E-state index contributed by atoms with van der Waals surface area (Å²) in [4.78, 5) is 21.9. The van der Waals surface area contributed by atoms with Crippen molar-refractivity contribution in [1.29, 1.82) is 0 Å². The van der Waals surface area contributed by atoms with Crippen LogP contribution in [0.2, 0.25) is 0 Å². The number of rotatable bonds is 6. The van der Waals surface area contributed by atoms with Gasteiger partial charge in [-0.3, -0.25) is 14.9 Å². The minimum Gasteiger partial charge on any atom is -0.485 e. The molecule has 0 heterocycles. The van der Waals surface area contributed by atoms with E-state index in [-0.39, 0.29) is 22.8 Å². The van der Waals surface area contributed by atoms with Crippen molar-refractivity contribution in [3.8, 4) is 5.75 Å². The highest BCUT2D eigenvalue weighted by Crippen LogP contribution is 2.35. The normalized spacial score (nSPS) is 10.2. The van der Waals surface area contributed by atoms with Crippen molar-refractivity contribution >= 4 is 39.2 Å². The largest absolute Gasteiger partial charge is 0.485 e. The number of nitrogens with zero attached hydrogens (tertiary/aromatic N) is 1. The number of ether oxygens (including phenoxy) is 1. The lowest BCUT2D eigenvalue weighted by Crippen LogP contribution is -2.07. The number of hydrogen-bond acceptors (Lipinski definition) is 5. The van der Waals surface area contributed by atoms with E-state index >= 15 is 0 Å². The van der Waals surface area contributed by atoms with Gasteiger partial charge in [0, 0.05) is 16.3 Å². The van der Waals surface area contributed by atoms with E-state index in [0.717, 1.165) is 0 Å². The summed E-state index contributed by atoms with van der Waals surface area (Å²) >= 11 is 4.71. The number of nitro benzene ring substituents is 1. The van der Waals surface area contributed by atoms with E-state index in [1.807, 2.05) is 6.26 Å². The molecule has 0 saturated heterocycles. The molecule has 0 N–H and O–H groups in total. The van der Waals surface area contributed by atoms with Gasteiger partial charge in [-0.2, -0.15) is 11.8 Å². The second kappa shape index (κ2) is 6.75. The molecule has 0 aliphatic heterocycles. The summed E-state index contributed by atoms with van der Waals surface area (Å²) in [6.45, 7) is 1.68. The highest BCUT2D eigenvalue weighted by molar-refractivity contribution is 9.10. The predicted octanol–water partition coefficient (Wildman–Crippen LogP) is 3.30. The lowest BCUT2D eigenvalue weighted by atomic mass is 10.1. The van der Waals surface area contributed by atoms with Crippen LogP contribution in [0.25, 0.3) is 0 Å². The molecule has 0 atom stereocenters. The van der Waals surface area contributed by atoms with E-state index in [1.54, 1.807) is 11.8 Å². The zero-order valence-corrected chi connectivity index (χ0v) is 12.3. The van der Waals surface area contributed by atoms with Gasteiger partial charge in [0.25, 0.3) is 0 Å². The molecule has 5 nitrogen and oxygen atoms in total. The van der Waals surface area contributed by atoms with Gasteiger partial charge in [-0.1, -0.05) is 15.9 Å². The van der Waals surface area contributed by atoms with Crippen LogP contribution in [0, 0.1) is 10.1 Å². The Morgan fingerprint density at radius 2 is 2.22 bits per heavy atom. The second-order valence-electron chi connectivity index (χ2n) is 3.46. The number of nitro groups is 1. The van der Waals surface area contributed by atoms with Gasteiger partial charge in [0.1, 0.15) is 0 Å². The summed E-state index contributed by atoms with van der Waals surface area (Å²) in [5, 5.41) is 11.0. The first kappa shape index (κ1) is 15.0. The van der Waals surface area contributed by atoms with Crippen LogP contribution in [0.15, 0.2) is 16.6 Å². The SMILES string of the molecule is CSCCOc1c(C(C)=O)cc(Br)cc1[N+](=O)[O-]. The Morgan fingerprint density at radius 3 is 2.72 bits per heavy atom. The van der Waals surface area contributed by atoms with Crippen LogP contribution in [0.3, 0.4) is 0 Å². The fourth-order valence-electron chi connectivity index (χ4n) is 1.36. The molecule has 0 unspecified atom stereocenters. The quantitative estimate of drug-likeness (QED) is 0.345. The Kier molecular flexibility index (Phi) is 5.61. The number of halogens is 1. The van der Waals surface area contributed by atoms with Crippen molar-refractivity contribution in [3.05, 3.63) is 32.3 Å². The molecule has 0 fully saturated rings. The van der Waals surface area contributed by atoms with Gasteiger partial charge in [-0.15, -0.1) is 0 Å². The second-order valence-corrected chi connectivity index (χ2v) is 5.36. The van der Waals surface area contributed by atoms with Crippen molar-refractivity contribution in [3.63, 3.8) is 0 Å². The number of carbonyl (C=O) groups is 1. The van der Waals surface area contributed by atoms with Gasteiger partial charge in [-0.25, -0.2) is 0 Å². The first-order valence-electron chi connectivity index (χ1n) is 5.08. The molecule has 0 amide bonds. The van der Waals surface area contributed by atoms with Crippen LogP contribution in [-0.2, 0) is 0 Å². The zero-order chi connectivity index (χ0) is 13.7. The molecule has 0 aromatic heterocycles. The summed E-state index contributed by atoms with van der Waals surface area (Å²) in [5.74, 6) is 0.480. The predicted molar refractivity (Wildman–Crippen MR) is 74.7 cm³/mol. The number of benzene rings is 1. The highest BCUT2D eigenvalue weighted by atomic mass is 79.9. The Hall–Kier alpha value is -1.08. The average molecular weight is 334 g/mol. The summed E-state index contributed by atoms with van der Waals surface area (Å²) in [6.07, 6.45) is 1.91. The van der Waals surface area contributed by atoms with Crippen molar-refractivity contribution in [2.24, 2.45) is 0 Å². The number of ketones is 1. The zero-order valence-electron chi connectivity index (χ0n) is 9.94. The van der Waals surface area contributed by atoms with Gasteiger partial charge >= 0.3 is 5.69 Å². The van der Waals surface area contributed by atoms with Crippen LogP contribution >= 0.6 is 27.7 Å². The Morgan fingerprint density at radius 1 is 1.56 bits per heavy atom. The molecule has 98 valence electrons. The lowest BCUT2D eigenvalue weighted by molar-refractivity contribution is -0.385. The minimum atomic E-state index is -0.550. The Balaban J connectivity index is 3.23. The van der Waals surface area contributed by atoms with Crippen LogP contribution in [0.5, 0.6) is 5.75 Å². The van der Waals surface area contributed by atoms with Gasteiger partial charge in [0.2, 0.25) is 5.75 Å². The van der Waals surface area contributed by atoms with Crippen molar-refractivity contribution < 1.29 is 14.5 Å². The lowest BCUT2D eigenvalue weighted by Gasteiger charge is -2.10. The summed E-state index contributed by atoms with van der Waals surface area (Å²) in [7, 11) is 0. The number of thioether (sulfide) groups is 1. The first-order valence-corrected chi connectivity index (χ1v) is 7.26. The molecule has 18 heavy (non-hydrogen) atoms. The summed E-state index contributed by atoms with van der Waals surface area (Å²) in [5.41, 5.74) is 0.0212. The van der Waals surface area contributed by atoms with Gasteiger partial charge in [0.05, 0.1) is 17.1 Å². The van der Waals surface area contributed by atoms with Gasteiger partial charge in [-0.05, 0) is 19.2 Å². The van der Waals surface area contributed by atoms with Crippen LogP contribution in [0.4, 0.5) is 5.69 Å². The van der Waals surface area contributed by atoms with Crippen LogP contribution in [0.1, 0.15) is 17.3 Å². The molecule has 0 spiro atoms. The maximum Gasteiger partial charge on any atom is 0.312 e. The summed E-state index contributed by atoms with van der Waals surface area (Å²) in [6, 6.07) is 2.87. The van der Waals surface area contributed by atoms with Crippen molar-refractivity contribution in [2.45, 2.75) is 6.92 Å². The molecule has 0 bridgehead atoms. The highest BCUT2D eigenvalue weighted by Gasteiger charge is 2.23. The molecule has 1 aromatic carbocycles. The Bertz CT molecular complexity index is 443. The molecule has 1 aromatic rings. The van der Waals surface area contributed by atoms with Crippen molar-refractivity contribution in [1.82, 2.24) is 0 Å². The van der Waals surface area contributed by atoms with E-state index in [9.17, 15) is 14.9 Å². The molecule has 0 saturated carbocycles. The number of hydrogen-bond donors (Lipinski definition) is 0. The van der Waals surface area contributed by atoms with E-state index in [1.165, 1.54) is 19.1 Å². The molecular weight excluding hydrogens is 322 g/mol.